The molecule has 0 heterocycles. The van der Waals surface area contributed by atoms with Gasteiger partial charge in [-0.3, -0.25) is 4.79 Å². The van der Waals surface area contributed by atoms with E-state index in [0.29, 0.717) is 6.54 Å². The van der Waals surface area contributed by atoms with Crippen LogP contribution in [0.15, 0.2) is 30.9 Å². The molecule has 0 aliphatic rings. The molecule has 1 unspecified atom stereocenters. The second kappa shape index (κ2) is 6.69. The van der Waals surface area contributed by atoms with Gasteiger partial charge in [-0.15, -0.1) is 6.58 Å². The Bertz CT molecular complexity index is 430. The number of carbonyl (C=O) groups is 1. The molecular formula is C14H20N2O2. The zero-order valence-electron chi connectivity index (χ0n) is 11.1. The van der Waals surface area contributed by atoms with E-state index in [1.54, 1.807) is 20.1 Å². The van der Waals surface area contributed by atoms with Gasteiger partial charge in [-0.25, -0.2) is 0 Å². The highest BCUT2D eigenvalue weighted by molar-refractivity contribution is 5.84. The summed E-state index contributed by atoms with van der Waals surface area (Å²) in [5, 5.41) is 5.88. The fourth-order valence-corrected chi connectivity index (χ4v) is 1.56. The van der Waals surface area contributed by atoms with Crippen molar-refractivity contribution in [2.24, 2.45) is 0 Å². The zero-order valence-corrected chi connectivity index (χ0v) is 11.1. The highest BCUT2D eigenvalue weighted by Crippen LogP contribution is 2.25. The zero-order chi connectivity index (χ0) is 13.5. The Hall–Kier alpha value is -1.97. The minimum Gasteiger partial charge on any atom is -0.495 e. The number of benzene rings is 1. The van der Waals surface area contributed by atoms with Crippen LogP contribution in [0.2, 0.25) is 0 Å². The van der Waals surface area contributed by atoms with Crippen LogP contribution in [0, 0.1) is 6.92 Å². The lowest BCUT2D eigenvalue weighted by molar-refractivity contribution is -0.121. The van der Waals surface area contributed by atoms with Gasteiger partial charge in [0.15, 0.2) is 0 Å². The van der Waals surface area contributed by atoms with E-state index in [1.165, 1.54) is 0 Å². The molecule has 98 valence electrons. The summed E-state index contributed by atoms with van der Waals surface area (Å²) in [4.78, 5) is 11.7. The number of hydrogen-bond acceptors (Lipinski definition) is 3. The molecule has 1 rings (SSSR count). The first kappa shape index (κ1) is 14.1. The second-order valence-electron chi connectivity index (χ2n) is 4.10. The van der Waals surface area contributed by atoms with Crippen LogP contribution in [0.5, 0.6) is 5.75 Å². The third kappa shape index (κ3) is 3.80. The minimum absolute atomic E-state index is 0.0709. The molecule has 0 saturated heterocycles. The standard InChI is InChI=1S/C14H20N2O2/c1-5-8-15-14(17)11(3)16-12-9-10(2)6-7-13(12)18-4/h5-7,9,11,16H,1,8H2,2-4H3,(H,15,17). The number of rotatable bonds is 6. The number of aryl methyl sites for hydroxylation is 1. The van der Waals surface area contributed by atoms with Gasteiger partial charge in [0.25, 0.3) is 0 Å². The summed E-state index contributed by atoms with van der Waals surface area (Å²) < 4.78 is 5.25. The normalized spacial score (nSPS) is 11.5. The van der Waals surface area contributed by atoms with Crippen molar-refractivity contribution in [1.82, 2.24) is 5.32 Å². The summed E-state index contributed by atoms with van der Waals surface area (Å²) in [5.74, 6) is 0.655. The largest absolute Gasteiger partial charge is 0.495 e. The molecule has 0 radical (unpaired) electrons. The summed E-state index contributed by atoms with van der Waals surface area (Å²) in [6.45, 7) is 7.83. The van der Waals surface area contributed by atoms with E-state index in [9.17, 15) is 4.79 Å². The number of ether oxygens (including phenoxy) is 1. The highest BCUT2D eigenvalue weighted by Gasteiger charge is 2.13. The molecule has 1 amide bonds. The maximum atomic E-state index is 11.7. The molecule has 2 N–H and O–H groups in total. The first-order valence-electron chi connectivity index (χ1n) is 5.88. The molecule has 0 spiro atoms. The van der Waals surface area contributed by atoms with E-state index in [2.05, 4.69) is 17.2 Å². The number of anilines is 1. The van der Waals surface area contributed by atoms with E-state index >= 15 is 0 Å². The van der Waals surface area contributed by atoms with Crippen LogP contribution in [-0.2, 0) is 4.79 Å². The van der Waals surface area contributed by atoms with Crippen LogP contribution in [0.4, 0.5) is 5.69 Å². The third-order valence-corrected chi connectivity index (χ3v) is 2.54. The third-order valence-electron chi connectivity index (χ3n) is 2.54. The van der Waals surface area contributed by atoms with Crippen molar-refractivity contribution in [3.8, 4) is 5.75 Å². The van der Waals surface area contributed by atoms with Crippen LogP contribution in [0.1, 0.15) is 12.5 Å². The summed E-state index contributed by atoms with van der Waals surface area (Å²) in [5.41, 5.74) is 1.93. The average molecular weight is 248 g/mol. The molecule has 18 heavy (non-hydrogen) atoms. The van der Waals surface area contributed by atoms with Crippen LogP contribution in [-0.4, -0.2) is 25.6 Å². The molecule has 4 nitrogen and oxygen atoms in total. The van der Waals surface area contributed by atoms with Gasteiger partial charge in [0.1, 0.15) is 11.8 Å². The number of hydrogen-bond donors (Lipinski definition) is 2. The molecule has 0 aromatic heterocycles. The molecule has 0 saturated carbocycles. The van der Waals surface area contributed by atoms with Gasteiger partial charge in [-0.1, -0.05) is 12.1 Å². The molecule has 4 heteroatoms. The Kier molecular flexibility index (Phi) is 5.24. The first-order chi connectivity index (χ1) is 8.58. The first-order valence-corrected chi connectivity index (χ1v) is 5.88. The molecule has 0 bridgehead atoms. The summed E-state index contributed by atoms with van der Waals surface area (Å²) in [6.07, 6.45) is 1.65. The summed E-state index contributed by atoms with van der Waals surface area (Å²) in [7, 11) is 1.61. The van der Waals surface area contributed by atoms with Gasteiger partial charge >= 0.3 is 0 Å². The predicted molar refractivity (Wildman–Crippen MR) is 74.0 cm³/mol. The SMILES string of the molecule is C=CCNC(=O)C(C)Nc1cc(C)ccc1OC. The second-order valence-corrected chi connectivity index (χ2v) is 4.10. The molecule has 0 fully saturated rings. The lowest BCUT2D eigenvalue weighted by Gasteiger charge is -2.17. The molecule has 1 atom stereocenters. The van der Waals surface area contributed by atoms with Gasteiger partial charge in [0, 0.05) is 6.54 Å². The average Bonchev–Trinajstić information content (AvgIpc) is 2.36. The molecule has 0 aliphatic carbocycles. The van der Waals surface area contributed by atoms with Crippen LogP contribution in [0.25, 0.3) is 0 Å². The van der Waals surface area contributed by atoms with Crippen molar-refractivity contribution in [1.29, 1.82) is 0 Å². The van der Waals surface area contributed by atoms with Gasteiger partial charge in [-0.2, -0.15) is 0 Å². The van der Waals surface area contributed by atoms with E-state index in [0.717, 1.165) is 17.0 Å². The maximum absolute atomic E-state index is 11.7. The lowest BCUT2D eigenvalue weighted by atomic mass is 10.2. The smallest absolute Gasteiger partial charge is 0.242 e. The monoisotopic (exact) mass is 248 g/mol. The number of carbonyl (C=O) groups excluding carboxylic acids is 1. The quantitative estimate of drug-likeness (QED) is 0.758. The van der Waals surface area contributed by atoms with E-state index in [1.807, 2.05) is 25.1 Å². The maximum Gasteiger partial charge on any atom is 0.242 e. The van der Waals surface area contributed by atoms with Crippen LogP contribution in [0.3, 0.4) is 0 Å². The van der Waals surface area contributed by atoms with E-state index < -0.39 is 0 Å². The Balaban J connectivity index is 2.74. The Morgan fingerprint density at radius 1 is 1.56 bits per heavy atom. The van der Waals surface area contributed by atoms with Gasteiger partial charge in [0.2, 0.25) is 5.91 Å². The molecule has 1 aromatic carbocycles. The van der Waals surface area contributed by atoms with Gasteiger partial charge in [0.05, 0.1) is 12.8 Å². The fraction of sp³-hybridized carbons (Fsp3) is 0.357. The van der Waals surface area contributed by atoms with Crippen molar-refractivity contribution >= 4 is 11.6 Å². The number of amides is 1. The van der Waals surface area contributed by atoms with Crippen molar-refractivity contribution in [3.05, 3.63) is 36.4 Å². The van der Waals surface area contributed by atoms with Gasteiger partial charge in [-0.05, 0) is 31.5 Å². The van der Waals surface area contributed by atoms with Crippen LogP contribution < -0.4 is 15.4 Å². The van der Waals surface area contributed by atoms with Crippen molar-refractivity contribution in [2.45, 2.75) is 19.9 Å². The van der Waals surface area contributed by atoms with E-state index in [4.69, 9.17) is 4.74 Å². The highest BCUT2D eigenvalue weighted by atomic mass is 16.5. The van der Waals surface area contributed by atoms with Crippen molar-refractivity contribution < 1.29 is 9.53 Å². The topological polar surface area (TPSA) is 50.4 Å². The Labute approximate surface area is 108 Å². The summed E-state index contributed by atoms with van der Waals surface area (Å²) in [6, 6.07) is 5.47. The number of nitrogens with one attached hydrogen (secondary N) is 2. The van der Waals surface area contributed by atoms with Crippen molar-refractivity contribution in [3.63, 3.8) is 0 Å². The van der Waals surface area contributed by atoms with Crippen molar-refractivity contribution in [2.75, 3.05) is 19.0 Å². The predicted octanol–water partition coefficient (Wildman–Crippen LogP) is 2.11. The molecule has 0 aliphatic heterocycles. The lowest BCUT2D eigenvalue weighted by Crippen LogP contribution is -2.37. The minimum atomic E-state index is -0.333. The Morgan fingerprint density at radius 2 is 2.28 bits per heavy atom. The summed E-state index contributed by atoms with van der Waals surface area (Å²) >= 11 is 0. The van der Waals surface area contributed by atoms with E-state index in [-0.39, 0.29) is 11.9 Å². The number of methoxy groups -OCH3 is 1. The molecule has 1 aromatic rings. The van der Waals surface area contributed by atoms with Gasteiger partial charge < -0.3 is 15.4 Å². The fourth-order valence-electron chi connectivity index (χ4n) is 1.56. The molecular weight excluding hydrogens is 228 g/mol. The Morgan fingerprint density at radius 3 is 2.89 bits per heavy atom. The van der Waals surface area contributed by atoms with Crippen LogP contribution >= 0.6 is 0 Å².